The second-order valence-corrected chi connectivity index (χ2v) is 8.29. The number of pyridine rings is 1. The number of hydrogen-bond acceptors (Lipinski definition) is 4. The van der Waals surface area contributed by atoms with Crippen LogP contribution in [-0.4, -0.2) is 40.7 Å². The molecule has 0 saturated carbocycles. The van der Waals surface area contributed by atoms with Gasteiger partial charge in [-0.1, -0.05) is 30.3 Å². The molecule has 2 N–H and O–H groups in total. The molecule has 1 aromatic carbocycles. The minimum atomic E-state index is -0.360. The summed E-state index contributed by atoms with van der Waals surface area (Å²) in [6.07, 6.45) is 3.03. The molecular formula is C22H25BrN4O3. The molecule has 158 valence electrons. The summed E-state index contributed by atoms with van der Waals surface area (Å²) >= 11 is 3.32. The molecule has 2 heterocycles. The SMILES string of the molecule is CC(=O)NC(CC(=O)N1CCC(C(=O)Nc2ccc(Br)cn2)CC1)c1ccccc1. The number of benzene rings is 1. The van der Waals surface area contributed by atoms with Gasteiger partial charge in [0.2, 0.25) is 17.7 Å². The fourth-order valence-electron chi connectivity index (χ4n) is 3.56. The van der Waals surface area contributed by atoms with Crippen molar-refractivity contribution >= 4 is 39.5 Å². The number of amides is 3. The lowest BCUT2D eigenvalue weighted by molar-refractivity contribution is -0.135. The Morgan fingerprint density at radius 3 is 2.43 bits per heavy atom. The Hall–Kier alpha value is -2.74. The zero-order valence-electron chi connectivity index (χ0n) is 16.8. The van der Waals surface area contributed by atoms with Gasteiger partial charge in [-0.05, 0) is 46.5 Å². The van der Waals surface area contributed by atoms with Crippen molar-refractivity contribution in [3.63, 3.8) is 0 Å². The van der Waals surface area contributed by atoms with E-state index in [2.05, 4.69) is 31.5 Å². The van der Waals surface area contributed by atoms with E-state index < -0.39 is 0 Å². The van der Waals surface area contributed by atoms with Crippen LogP contribution in [0.2, 0.25) is 0 Å². The van der Waals surface area contributed by atoms with Gasteiger partial charge in [0.05, 0.1) is 12.5 Å². The van der Waals surface area contributed by atoms with E-state index >= 15 is 0 Å². The van der Waals surface area contributed by atoms with Crippen LogP contribution < -0.4 is 10.6 Å². The lowest BCUT2D eigenvalue weighted by Gasteiger charge is -2.32. The van der Waals surface area contributed by atoms with Crippen molar-refractivity contribution in [3.8, 4) is 0 Å². The third-order valence-corrected chi connectivity index (χ3v) is 5.62. The Morgan fingerprint density at radius 2 is 1.83 bits per heavy atom. The number of rotatable bonds is 6. The van der Waals surface area contributed by atoms with Crippen molar-refractivity contribution in [2.45, 2.75) is 32.2 Å². The van der Waals surface area contributed by atoms with Crippen LogP contribution in [0, 0.1) is 5.92 Å². The van der Waals surface area contributed by atoms with E-state index in [9.17, 15) is 14.4 Å². The quantitative estimate of drug-likeness (QED) is 0.674. The van der Waals surface area contributed by atoms with E-state index in [0.717, 1.165) is 10.0 Å². The lowest BCUT2D eigenvalue weighted by Crippen LogP contribution is -2.43. The number of anilines is 1. The monoisotopic (exact) mass is 472 g/mol. The highest BCUT2D eigenvalue weighted by molar-refractivity contribution is 9.10. The average molecular weight is 473 g/mol. The Bertz CT molecular complexity index is 881. The number of carbonyl (C=O) groups excluding carboxylic acids is 3. The van der Waals surface area contributed by atoms with Crippen LogP contribution in [0.3, 0.4) is 0 Å². The lowest BCUT2D eigenvalue weighted by atomic mass is 9.95. The normalized spacial score (nSPS) is 15.3. The van der Waals surface area contributed by atoms with Crippen molar-refractivity contribution in [1.82, 2.24) is 15.2 Å². The molecular weight excluding hydrogens is 448 g/mol. The maximum absolute atomic E-state index is 12.8. The fraction of sp³-hybridized carbons (Fsp3) is 0.364. The third-order valence-electron chi connectivity index (χ3n) is 5.16. The first-order valence-electron chi connectivity index (χ1n) is 9.94. The molecule has 1 atom stereocenters. The molecule has 0 aliphatic carbocycles. The number of hydrogen-bond donors (Lipinski definition) is 2. The zero-order chi connectivity index (χ0) is 21.5. The molecule has 1 aromatic heterocycles. The smallest absolute Gasteiger partial charge is 0.228 e. The van der Waals surface area contributed by atoms with E-state index in [0.29, 0.717) is 31.7 Å². The van der Waals surface area contributed by atoms with Crippen LogP contribution in [-0.2, 0) is 14.4 Å². The summed E-state index contributed by atoms with van der Waals surface area (Å²) in [5, 5.41) is 5.70. The highest BCUT2D eigenvalue weighted by Gasteiger charge is 2.29. The molecule has 1 aliphatic heterocycles. The highest BCUT2D eigenvalue weighted by atomic mass is 79.9. The molecule has 1 aliphatic rings. The standard InChI is InChI=1S/C22H25BrN4O3/c1-15(28)25-19(16-5-3-2-4-6-16)13-21(29)27-11-9-17(10-12-27)22(30)26-20-8-7-18(23)14-24-20/h2-8,14,17,19H,9-13H2,1H3,(H,25,28)(H,24,26,30). The van der Waals surface area contributed by atoms with Gasteiger partial charge in [-0.3, -0.25) is 14.4 Å². The van der Waals surface area contributed by atoms with Gasteiger partial charge in [-0.25, -0.2) is 4.98 Å². The van der Waals surface area contributed by atoms with Gasteiger partial charge in [-0.2, -0.15) is 0 Å². The summed E-state index contributed by atoms with van der Waals surface area (Å²) in [7, 11) is 0. The minimum absolute atomic E-state index is 0.0222. The molecule has 7 nitrogen and oxygen atoms in total. The number of aromatic nitrogens is 1. The Labute approximate surface area is 184 Å². The Kier molecular flexibility index (Phi) is 7.57. The van der Waals surface area contributed by atoms with Crippen LogP contribution in [0.4, 0.5) is 5.82 Å². The molecule has 0 spiro atoms. The molecule has 3 amide bonds. The maximum atomic E-state index is 12.8. The van der Waals surface area contributed by atoms with Crippen molar-refractivity contribution in [2.75, 3.05) is 18.4 Å². The predicted octanol–water partition coefficient (Wildman–Crippen LogP) is 3.29. The van der Waals surface area contributed by atoms with Gasteiger partial charge < -0.3 is 15.5 Å². The summed E-state index contributed by atoms with van der Waals surface area (Å²) in [4.78, 5) is 42.8. The van der Waals surface area contributed by atoms with Crippen molar-refractivity contribution in [1.29, 1.82) is 0 Å². The second kappa shape index (κ2) is 10.3. The van der Waals surface area contributed by atoms with Crippen molar-refractivity contribution in [2.24, 2.45) is 5.92 Å². The van der Waals surface area contributed by atoms with Gasteiger partial charge in [0.15, 0.2) is 0 Å². The molecule has 0 bridgehead atoms. The van der Waals surface area contributed by atoms with Gasteiger partial charge in [0, 0.05) is 36.6 Å². The largest absolute Gasteiger partial charge is 0.349 e. The van der Waals surface area contributed by atoms with Crippen molar-refractivity contribution in [3.05, 3.63) is 58.7 Å². The average Bonchev–Trinajstić information content (AvgIpc) is 2.75. The fourth-order valence-corrected chi connectivity index (χ4v) is 3.79. The van der Waals surface area contributed by atoms with Gasteiger partial charge in [0.1, 0.15) is 5.82 Å². The number of nitrogens with zero attached hydrogens (tertiary/aromatic N) is 2. The number of carbonyl (C=O) groups is 3. The van der Waals surface area contributed by atoms with E-state index in [-0.39, 0.29) is 36.1 Å². The minimum Gasteiger partial charge on any atom is -0.349 e. The summed E-state index contributed by atoms with van der Waals surface area (Å²) in [6.45, 7) is 2.49. The first-order chi connectivity index (χ1) is 14.4. The van der Waals surface area contributed by atoms with Crippen LogP contribution >= 0.6 is 15.9 Å². The van der Waals surface area contributed by atoms with E-state index in [4.69, 9.17) is 0 Å². The second-order valence-electron chi connectivity index (χ2n) is 7.37. The summed E-state index contributed by atoms with van der Waals surface area (Å²) in [5.74, 6) is 0.0967. The summed E-state index contributed by atoms with van der Waals surface area (Å²) < 4.78 is 0.848. The van der Waals surface area contributed by atoms with E-state index in [1.54, 1.807) is 17.2 Å². The summed E-state index contributed by atoms with van der Waals surface area (Å²) in [6, 6.07) is 12.7. The summed E-state index contributed by atoms with van der Waals surface area (Å²) in [5.41, 5.74) is 0.900. The van der Waals surface area contributed by atoms with Crippen LogP contribution in [0.15, 0.2) is 53.1 Å². The number of halogens is 1. The molecule has 3 rings (SSSR count). The zero-order valence-corrected chi connectivity index (χ0v) is 18.4. The number of nitrogens with one attached hydrogen (secondary N) is 2. The van der Waals surface area contributed by atoms with Gasteiger partial charge in [-0.15, -0.1) is 0 Å². The molecule has 1 fully saturated rings. The highest BCUT2D eigenvalue weighted by Crippen LogP contribution is 2.23. The van der Waals surface area contributed by atoms with E-state index in [1.165, 1.54) is 6.92 Å². The van der Waals surface area contributed by atoms with Crippen LogP contribution in [0.1, 0.15) is 37.8 Å². The molecule has 2 aromatic rings. The molecule has 1 unspecified atom stereocenters. The Balaban J connectivity index is 1.53. The number of likely N-dealkylation sites (tertiary alicyclic amines) is 1. The molecule has 1 saturated heterocycles. The first kappa shape index (κ1) is 22.0. The number of piperidine rings is 1. The predicted molar refractivity (Wildman–Crippen MR) is 117 cm³/mol. The third kappa shape index (κ3) is 6.13. The molecule has 0 radical (unpaired) electrons. The van der Waals surface area contributed by atoms with Gasteiger partial charge in [0.25, 0.3) is 0 Å². The van der Waals surface area contributed by atoms with Crippen LogP contribution in [0.5, 0.6) is 0 Å². The topological polar surface area (TPSA) is 91.4 Å². The van der Waals surface area contributed by atoms with Crippen molar-refractivity contribution < 1.29 is 14.4 Å². The maximum Gasteiger partial charge on any atom is 0.228 e. The van der Waals surface area contributed by atoms with Crippen LogP contribution in [0.25, 0.3) is 0 Å². The van der Waals surface area contributed by atoms with E-state index in [1.807, 2.05) is 36.4 Å². The molecule has 8 heteroatoms. The molecule has 30 heavy (non-hydrogen) atoms. The van der Waals surface area contributed by atoms with Gasteiger partial charge >= 0.3 is 0 Å². The first-order valence-corrected chi connectivity index (χ1v) is 10.7. The Morgan fingerprint density at radius 1 is 1.13 bits per heavy atom.